The molecule has 1 aliphatic carbocycles. The van der Waals surface area contributed by atoms with Gasteiger partial charge in [0.15, 0.2) is 0 Å². The quantitative estimate of drug-likeness (QED) is 0.549. The van der Waals surface area contributed by atoms with Gasteiger partial charge in [0.05, 0.1) is 0 Å². The third-order valence-corrected chi connectivity index (χ3v) is 6.65. The van der Waals surface area contributed by atoms with Crippen molar-refractivity contribution in [3.8, 4) is 11.1 Å². The van der Waals surface area contributed by atoms with Crippen LogP contribution in [0.1, 0.15) is 49.7 Å². The molecular formula is C26H30N2O6. The highest BCUT2D eigenvalue weighted by atomic mass is 16.5. The minimum Gasteiger partial charge on any atom is -0.480 e. The van der Waals surface area contributed by atoms with Gasteiger partial charge in [-0.1, -0.05) is 61.9 Å². The van der Waals surface area contributed by atoms with Gasteiger partial charge in [-0.2, -0.15) is 0 Å². The van der Waals surface area contributed by atoms with E-state index in [1.54, 1.807) is 0 Å². The summed E-state index contributed by atoms with van der Waals surface area (Å²) >= 11 is 0. The van der Waals surface area contributed by atoms with E-state index in [2.05, 4.69) is 22.8 Å². The van der Waals surface area contributed by atoms with Gasteiger partial charge in [0.25, 0.3) is 0 Å². The number of alkyl carbamates (subject to hydrolysis) is 1. The van der Waals surface area contributed by atoms with E-state index in [4.69, 9.17) is 9.47 Å². The van der Waals surface area contributed by atoms with Crippen LogP contribution in [0.3, 0.4) is 0 Å². The number of carbonyl (C=O) groups is 3. The van der Waals surface area contributed by atoms with Crippen LogP contribution >= 0.6 is 0 Å². The van der Waals surface area contributed by atoms with Crippen molar-refractivity contribution >= 4 is 18.0 Å². The first-order chi connectivity index (χ1) is 16.4. The zero-order chi connectivity index (χ0) is 24.1. The highest BCUT2D eigenvalue weighted by Gasteiger charge is 2.43. The summed E-state index contributed by atoms with van der Waals surface area (Å²) in [6.45, 7) is 2.54. The molecule has 0 bridgehead atoms. The van der Waals surface area contributed by atoms with Crippen LogP contribution in [-0.2, 0) is 19.1 Å². The maximum Gasteiger partial charge on any atom is 0.408 e. The molecule has 2 aromatic rings. The molecule has 3 N–H and O–H groups in total. The molecule has 2 aliphatic rings. The van der Waals surface area contributed by atoms with Gasteiger partial charge >= 0.3 is 12.1 Å². The molecule has 0 unspecified atom stereocenters. The van der Waals surface area contributed by atoms with Crippen molar-refractivity contribution in [3.05, 3.63) is 59.7 Å². The average Bonchev–Trinajstić information content (AvgIpc) is 3.16. The number of hydrogen-bond acceptors (Lipinski definition) is 5. The average molecular weight is 467 g/mol. The van der Waals surface area contributed by atoms with Crippen LogP contribution < -0.4 is 10.6 Å². The molecule has 1 fully saturated rings. The van der Waals surface area contributed by atoms with Gasteiger partial charge in [0.2, 0.25) is 5.91 Å². The summed E-state index contributed by atoms with van der Waals surface area (Å²) in [6, 6.07) is 15.1. The van der Waals surface area contributed by atoms with E-state index in [9.17, 15) is 19.5 Å². The lowest BCUT2D eigenvalue weighted by atomic mass is 9.88. The number of fused-ring (bicyclic) bond motifs is 3. The number of nitrogens with one attached hydrogen (secondary N) is 2. The third-order valence-electron chi connectivity index (χ3n) is 6.65. The number of carbonyl (C=O) groups excluding carboxylic acids is 2. The lowest BCUT2D eigenvalue weighted by Gasteiger charge is -2.36. The first-order valence-corrected chi connectivity index (χ1v) is 11.7. The Labute approximate surface area is 198 Å². The van der Waals surface area contributed by atoms with Crippen LogP contribution in [-0.4, -0.2) is 54.5 Å². The summed E-state index contributed by atoms with van der Waals surface area (Å²) in [4.78, 5) is 37.5. The molecule has 4 rings (SSSR count). The van der Waals surface area contributed by atoms with Gasteiger partial charge < -0.3 is 25.2 Å². The largest absolute Gasteiger partial charge is 0.480 e. The number of amides is 2. The van der Waals surface area contributed by atoms with Gasteiger partial charge in [0.1, 0.15) is 18.2 Å². The Bertz CT molecular complexity index is 1020. The van der Waals surface area contributed by atoms with Crippen molar-refractivity contribution in [1.29, 1.82) is 0 Å². The Hall–Kier alpha value is -3.39. The minimum absolute atomic E-state index is 0.0986. The first-order valence-electron chi connectivity index (χ1n) is 11.7. The Kier molecular flexibility index (Phi) is 7.17. The predicted octanol–water partition coefficient (Wildman–Crippen LogP) is 3.44. The monoisotopic (exact) mass is 466 g/mol. The van der Waals surface area contributed by atoms with E-state index in [1.165, 1.54) is 0 Å². The Balaban J connectivity index is 1.46. The third kappa shape index (κ3) is 4.77. The summed E-state index contributed by atoms with van der Waals surface area (Å²) in [6.07, 6.45) is 0.677. The van der Waals surface area contributed by atoms with Crippen LogP contribution in [0.25, 0.3) is 11.1 Å². The fourth-order valence-electron chi connectivity index (χ4n) is 4.80. The Morgan fingerprint density at radius 2 is 1.65 bits per heavy atom. The van der Waals surface area contributed by atoms with Crippen molar-refractivity contribution in [1.82, 2.24) is 10.6 Å². The van der Waals surface area contributed by atoms with Gasteiger partial charge in [-0.15, -0.1) is 0 Å². The predicted molar refractivity (Wildman–Crippen MR) is 125 cm³/mol. The molecule has 34 heavy (non-hydrogen) atoms. The highest BCUT2D eigenvalue weighted by molar-refractivity contribution is 5.93. The molecule has 2 amide bonds. The van der Waals surface area contributed by atoms with Crippen LogP contribution in [0.15, 0.2) is 48.5 Å². The molecule has 0 aromatic heterocycles. The molecule has 1 atom stereocenters. The summed E-state index contributed by atoms with van der Waals surface area (Å²) < 4.78 is 11.0. The lowest BCUT2D eigenvalue weighted by Crippen LogP contribution is -2.63. The Morgan fingerprint density at radius 3 is 2.21 bits per heavy atom. The summed E-state index contributed by atoms with van der Waals surface area (Å²) in [5, 5.41) is 14.8. The molecule has 0 radical (unpaired) electrons. The van der Waals surface area contributed by atoms with E-state index in [1.807, 2.05) is 43.3 Å². The second-order valence-electron chi connectivity index (χ2n) is 8.80. The molecule has 0 saturated carbocycles. The standard InChI is InChI=1S/C26H30N2O6/c1-2-7-22(23(29)30)27-24(31)26(12-14-33-15-13-26)28-25(32)34-16-21-19-10-5-3-8-17(19)18-9-4-6-11-20(18)21/h3-6,8-11,21-22H,2,7,12-16H2,1H3,(H,27,31)(H,28,32)(H,29,30)/t22-/m1/s1. The SMILES string of the molecule is CCC[C@@H](NC(=O)C1(NC(=O)OCC2c3ccccc3-c3ccccc32)CCOCC1)C(=O)O. The lowest BCUT2D eigenvalue weighted by molar-refractivity contribution is -0.144. The molecule has 0 spiro atoms. The maximum atomic E-state index is 13.1. The number of benzene rings is 2. The second kappa shape index (κ2) is 10.3. The molecule has 8 nitrogen and oxygen atoms in total. The van der Waals surface area contributed by atoms with Crippen molar-refractivity contribution in [2.75, 3.05) is 19.8 Å². The van der Waals surface area contributed by atoms with Crippen molar-refractivity contribution in [2.24, 2.45) is 0 Å². The molecule has 1 aliphatic heterocycles. The van der Waals surface area contributed by atoms with Crippen molar-refractivity contribution < 1.29 is 29.0 Å². The zero-order valence-electron chi connectivity index (χ0n) is 19.2. The van der Waals surface area contributed by atoms with Crippen LogP contribution in [0.4, 0.5) is 4.79 Å². The zero-order valence-corrected chi connectivity index (χ0v) is 19.2. The van der Waals surface area contributed by atoms with E-state index in [0.717, 1.165) is 22.3 Å². The maximum absolute atomic E-state index is 13.1. The summed E-state index contributed by atoms with van der Waals surface area (Å²) in [7, 11) is 0. The molecular weight excluding hydrogens is 436 g/mol. The number of rotatable bonds is 8. The topological polar surface area (TPSA) is 114 Å². The number of carboxylic acids is 1. The van der Waals surface area contributed by atoms with Gasteiger partial charge in [-0.05, 0) is 28.7 Å². The van der Waals surface area contributed by atoms with Gasteiger partial charge in [0, 0.05) is 32.0 Å². The van der Waals surface area contributed by atoms with Crippen LogP contribution in [0, 0.1) is 0 Å². The molecule has 180 valence electrons. The van der Waals surface area contributed by atoms with E-state index >= 15 is 0 Å². The first kappa shape index (κ1) is 23.8. The second-order valence-corrected chi connectivity index (χ2v) is 8.80. The minimum atomic E-state index is -1.28. The Morgan fingerprint density at radius 1 is 1.06 bits per heavy atom. The summed E-state index contributed by atoms with van der Waals surface area (Å²) in [5.74, 6) is -1.72. The molecule has 8 heteroatoms. The van der Waals surface area contributed by atoms with E-state index in [-0.39, 0.29) is 38.6 Å². The fourth-order valence-corrected chi connectivity index (χ4v) is 4.80. The highest BCUT2D eigenvalue weighted by Crippen LogP contribution is 2.44. The summed E-state index contributed by atoms with van der Waals surface area (Å²) in [5.41, 5.74) is 3.17. The number of ether oxygens (including phenoxy) is 2. The van der Waals surface area contributed by atoms with Crippen LogP contribution in [0.2, 0.25) is 0 Å². The van der Waals surface area contributed by atoms with Crippen LogP contribution in [0.5, 0.6) is 0 Å². The number of hydrogen-bond donors (Lipinski definition) is 3. The molecule has 1 saturated heterocycles. The number of aliphatic carboxylic acids is 1. The van der Waals surface area contributed by atoms with E-state index in [0.29, 0.717) is 12.8 Å². The van der Waals surface area contributed by atoms with E-state index < -0.39 is 29.6 Å². The normalized spacial score (nSPS) is 17.2. The van der Waals surface area contributed by atoms with Gasteiger partial charge in [-0.25, -0.2) is 9.59 Å². The smallest absolute Gasteiger partial charge is 0.408 e. The fraction of sp³-hybridized carbons (Fsp3) is 0.423. The van der Waals surface area contributed by atoms with Crippen molar-refractivity contribution in [3.63, 3.8) is 0 Å². The molecule has 2 aromatic carbocycles. The molecule has 1 heterocycles. The van der Waals surface area contributed by atoms with Crippen molar-refractivity contribution in [2.45, 2.75) is 50.1 Å². The van der Waals surface area contributed by atoms with Gasteiger partial charge in [-0.3, -0.25) is 4.79 Å². The number of carboxylic acid groups (broad SMARTS) is 1.